The molecule has 7 heteroatoms. The molecular formula is C24H35N7. The van der Waals surface area contributed by atoms with Crippen LogP contribution in [0.5, 0.6) is 0 Å². The van der Waals surface area contributed by atoms with Gasteiger partial charge in [0.15, 0.2) is 0 Å². The molecule has 3 N–H and O–H groups in total. The molecule has 1 aliphatic carbocycles. The van der Waals surface area contributed by atoms with E-state index < -0.39 is 0 Å². The van der Waals surface area contributed by atoms with Gasteiger partial charge in [0.05, 0.1) is 5.69 Å². The lowest BCUT2D eigenvalue weighted by molar-refractivity contribution is 0.228. The van der Waals surface area contributed by atoms with Crippen LogP contribution in [0.2, 0.25) is 0 Å². The Hall–Kier alpha value is -3.22. The van der Waals surface area contributed by atoms with Crippen molar-refractivity contribution in [3.05, 3.63) is 66.2 Å². The second kappa shape index (κ2) is 10.7. The summed E-state index contributed by atoms with van der Waals surface area (Å²) in [6.45, 7) is 16.0. The molecule has 7 nitrogen and oxygen atoms in total. The zero-order valence-corrected chi connectivity index (χ0v) is 19.6. The number of fused-ring (bicyclic) bond motifs is 1. The molecule has 0 bridgehead atoms. The van der Waals surface area contributed by atoms with Crippen molar-refractivity contribution in [3.8, 4) is 0 Å². The summed E-state index contributed by atoms with van der Waals surface area (Å²) in [6.07, 6.45) is 15.1. The quantitative estimate of drug-likeness (QED) is 0.620. The number of imidazole rings is 1. The van der Waals surface area contributed by atoms with Crippen molar-refractivity contribution in [2.75, 3.05) is 5.73 Å². The molecule has 1 saturated carbocycles. The van der Waals surface area contributed by atoms with E-state index in [0.717, 1.165) is 28.1 Å². The molecule has 3 aromatic rings. The molecule has 0 aliphatic heterocycles. The third-order valence-corrected chi connectivity index (χ3v) is 5.11. The van der Waals surface area contributed by atoms with Gasteiger partial charge in [-0.25, -0.2) is 19.9 Å². The van der Waals surface area contributed by atoms with E-state index in [1.165, 1.54) is 19.3 Å². The van der Waals surface area contributed by atoms with Gasteiger partial charge in [0.25, 0.3) is 0 Å². The fourth-order valence-electron chi connectivity index (χ4n) is 3.53. The third kappa shape index (κ3) is 6.13. The van der Waals surface area contributed by atoms with E-state index in [4.69, 9.17) is 5.73 Å². The topological polar surface area (TPSA) is 94.0 Å². The highest BCUT2D eigenvalue weighted by atomic mass is 15.1. The molecule has 0 atom stereocenters. The van der Waals surface area contributed by atoms with Crippen molar-refractivity contribution < 1.29 is 0 Å². The smallest absolute Gasteiger partial charge is 0.233 e. The number of hydrogen-bond donors (Lipinski definition) is 2. The predicted octanol–water partition coefficient (Wildman–Crippen LogP) is 4.94. The zero-order chi connectivity index (χ0) is 23.0. The number of nitrogens with one attached hydrogen (secondary N) is 1. The summed E-state index contributed by atoms with van der Waals surface area (Å²) < 4.78 is 1.88. The van der Waals surface area contributed by atoms with Gasteiger partial charge in [-0.1, -0.05) is 26.5 Å². The number of nitrogen functional groups attached to an aromatic ring is 1. The van der Waals surface area contributed by atoms with Crippen LogP contribution in [0.4, 0.5) is 5.95 Å². The van der Waals surface area contributed by atoms with Gasteiger partial charge < -0.3 is 11.1 Å². The zero-order valence-electron chi connectivity index (χ0n) is 19.6. The molecule has 3 heterocycles. The van der Waals surface area contributed by atoms with Crippen LogP contribution < -0.4 is 11.1 Å². The number of aryl methyl sites for hydroxylation is 1. The van der Waals surface area contributed by atoms with Gasteiger partial charge in [0, 0.05) is 53.3 Å². The minimum Gasteiger partial charge on any atom is -0.384 e. The van der Waals surface area contributed by atoms with Crippen molar-refractivity contribution in [2.24, 2.45) is 0 Å². The summed E-state index contributed by atoms with van der Waals surface area (Å²) >= 11 is 0. The van der Waals surface area contributed by atoms with E-state index in [9.17, 15) is 0 Å². The number of rotatable bonds is 4. The van der Waals surface area contributed by atoms with Gasteiger partial charge in [0.1, 0.15) is 0 Å². The molecule has 3 aromatic heterocycles. The molecule has 0 amide bonds. The number of nitrogens with zero attached hydrogens (tertiary/aromatic N) is 5. The largest absolute Gasteiger partial charge is 0.384 e. The second-order valence-electron chi connectivity index (χ2n) is 7.73. The maximum absolute atomic E-state index is 5.60. The van der Waals surface area contributed by atoms with Gasteiger partial charge >= 0.3 is 0 Å². The number of anilines is 1. The van der Waals surface area contributed by atoms with Crippen molar-refractivity contribution in [3.63, 3.8) is 0 Å². The Balaban J connectivity index is 0.000000261. The molecule has 0 radical (unpaired) electrons. The van der Waals surface area contributed by atoms with Crippen LogP contribution in [-0.4, -0.2) is 29.9 Å². The van der Waals surface area contributed by atoms with E-state index in [2.05, 4.69) is 38.8 Å². The highest BCUT2D eigenvalue weighted by Gasteiger charge is 2.30. The first-order valence-corrected chi connectivity index (χ1v) is 10.8. The Morgan fingerprint density at radius 2 is 1.94 bits per heavy atom. The minimum atomic E-state index is 0.282. The Morgan fingerprint density at radius 3 is 2.45 bits per heavy atom. The molecule has 166 valence electrons. The predicted molar refractivity (Wildman–Crippen MR) is 128 cm³/mol. The van der Waals surface area contributed by atoms with Gasteiger partial charge in [-0.2, -0.15) is 0 Å². The van der Waals surface area contributed by atoms with E-state index in [0.29, 0.717) is 11.3 Å². The van der Waals surface area contributed by atoms with E-state index in [1.807, 2.05) is 57.5 Å². The van der Waals surface area contributed by atoms with Gasteiger partial charge in [-0.05, 0) is 52.5 Å². The van der Waals surface area contributed by atoms with Crippen molar-refractivity contribution in [2.45, 2.75) is 66.3 Å². The highest BCUT2D eigenvalue weighted by Crippen LogP contribution is 2.31. The average Bonchev–Trinajstić information content (AvgIpc) is 3.18. The van der Waals surface area contributed by atoms with Crippen LogP contribution in [-0.2, 0) is 0 Å². The van der Waals surface area contributed by atoms with E-state index in [1.54, 1.807) is 18.6 Å². The molecule has 4 rings (SSSR count). The average molecular weight is 422 g/mol. The van der Waals surface area contributed by atoms with Crippen LogP contribution in [0.25, 0.3) is 11.4 Å². The van der Waals surface area contributed by atoms with Crippen LogP contribution in [0.3, 0.4) is 0 Å². The Bertz CT molecular complexity index is 1050. The summed E-state index contributed by atoms with van der Waals surface area (Å²) in [6, 6.07) is 0. The Morgan fingerprint density at radius 1 is 1.23 bits per heavy atom. The molecule has 0 unspecified atom stereocenters. The lowest BCUT2D eigenvalue weighted by Gasteiger charge is -2.40. The Kier molecular flexibility index (Phi) is 8.30. The van der Waals surface area contributed by atoms with Crippen molar-refractivity contribution in [1.29, 1.82) is 0 Å². The second-order valence-corrected chi connectivity index (χ2v) is 7.73. The SMILES string of the molecule is C/C=C(/c1cnc2nccn2c1)c1cnc(N)nc1C.C=C(C)NC1(C)CCC1.CC. The van der Waals surface area contributed by atoms with Gasteiger partial charge in [-0.3, -0.25) is 4.40 Å². The first-order chi connectivity index (χ1) is 14.8. The summed E-state index contributed by atoms with van der Waals surface area (Å²) in [5.41, 5.74) is 10.9. The molecule has 0 saturated heterocycles. The fraction of sp³-hybridized carbons (Fsp3) is 0.417. The highest BCUT2D eigenvalue weighted by molar-refractivity contribution is 5.80. The summed E-state index contributed by atoms with van der Waals surface area (Å²) in [5, 5.41) is 3.36. The van der Waals surface area contributed by atoms with Crippen LogP contribution >= 0.6 is 0 Å². The Labute approximate surface area is 185 Å². The maximum Gasteiger partial charge on any atom is 0.233 e. The number of nitrogens with two attached hydrogens (primary N) is 1. The van der Waals surface area contributed by atoms with Crippen LogP contribution in [0.15, 0.2) is 49.3 Å². The third-order valence-electron chi connectivity index (χ3n) is 5.11. The van der Waals surface area contributed by atoms with Crippen molar-refractivity contribution in [1.82, 2.24) is 29.7 Å². The number of aromatic nitrogens is 5. The van der Waals surface area contributed by atoms with E-state index in [-0.39, 0.29) is 5.95 Å². The van der Waals surface area contributed by atoms with Crippen molar-refractivity contribution >= 4 is 17.3 Å². The first kappa shape index (κ1) is 24.1. The molecular weight excluding hydrogens is 386 g/mol. The summed E-state index contributed by atoms with van der Waals surface area (Å²) in [7, 11) is 0. The summed E-state index contributed by atoms with van der Waals surface area (Å²) in [5.74, 6) is 0.958. The molecule has 0 aromatic carbocycles. The first-order valence-electron chi connectivity index (χ1n) is 10.8. The molecule has 31 heavy (non-hydrogen) atoms. The monoisotopic (exact) mass is 421 g/mol. The van der Waals surface area contributed by atoms with E-state index >= 15 is 0 Å². The number of hydrogen-bond acceptors (Lipinski definition) is 6. The minimum absolute atomic E-state index is 0.282. The molecule has 1 aliphatic rings. The maximum atomic E-state index is 5.60. The molecule has 0 spiro atoms. The van der Waals surface area contributed by atoms with Crippen LogP contribution in [0.1, 0.15) is 70.7 Å². The summed E-state index contributed by atoms with van der Waals surface area (Å²) in [4.78, 5) is 16.7. The lowest BCUT2D eigenvalue weighted by Crippen LogP contribution is -2.46. The molecule has 1 fully saturated rings. The standard InChI is InChI=1S/C14H14N6.C8H15N.C2H6/c1-3-11(12-7-17-13(15)19-9(12)2)10-6-18-14-16-4-5-20(14)8-10;1-7(2)9-8(3)5-4-6-8;1-2/h3-8H,1-2H3,(H2,15,17,19);9H,1,4-6H2,2-3H3;1-2H3/b11-3-;;. The number of allylic oxidation sites excluding steroid dienone is 2. The lowest BCUT2D eigenvalue weighted by atomic mass is 9.78. The van der Waals surface area contributed by atoms with Gasteiger partial charge in [0.2, 0.25) is 11.7 Å². The van der Waals surface area contributed by atoms with Crippen LogP contribution in [0, 0.1) is 6.92 Å². The van der Waals surface area contributed by atoms with Gasteiger partial charge in [-0.15, -0.1) is 0 Å². The normalized spacial score (nSPS) is 14.5. The fourth-order valence-corrected chi connectivity index (χ4v) is 3.53.